The summed E-state index contributed by atoms with van der Waals surface area (Å²) in [6.07, 6.45) is 3.80. The molecule has 1 aromatic rings. The van der Waals surface area contributed by atoms with E-state index in [9.17, 15) is 4.57 Å². The van der Waals surface area contributed by atoms with Gasteiger partial charge in [-0.2, -0.15) is 0 Å². The fourth-order valence-electron chi connectivity index (χ4n) is 1.48. The molecular formula is C10H11OP. The number of hydrogen-bond acceptors (Lipinski definition) is 1. The van der Waals surface area contributed by atoms with E-state index in [1.165, 1.54) is 0 Å². The maximum Gasteiger partial charge on any atom is 0.136 e. The van der Waals surface area contributed by atoms with Crippen LogP contribution in [-0.2, 0) is 4.57 Å². The van der Waals surface area contributed by atoms with Crippen molar-refractivity contribution in [3.8, 4) is 0 Å². The summed E-state index contributed by atoms with van der Waals surface area (Å²) in [5.41, 5.74) is 0. The predicted octanol–water partition coefficient (Wildman–Crippen LogP) is 2.59. The zero-order valence-corrected chi connectivity index (χ0v) is 7.71. The third-order valence-electron chi connectivity index (χ3n) is 2.17. The molecule has 0 N–H and O–H groups in total. The van der Waals surface area contributed by atoms with Gasteiger partial charge in [-0.15, -0.1) is 0 Å². The molecule has 1 atom stereocenters. The van der Waals surface area contributed by atoms with Crippen LogP contribution < -0.4 is 5.30 Å². The molecule has 1 aliphatic rings. The topological polar surface area (TPSA) is 17.1 Å². The quantitative estimate of drug-likeness (QED) is 0.604. The van der Waals surface area contributed by atoms with Crippen molar-refractivity contribution in [2.45, 2.75) is 6.42 Å². The lowest BCUT2D eigenvalue weighted by molar-refractivity contribution is 0.587. The fraction of sp³-hybridized carbons (Fsp3) is 0.200. The summed E-state index contributed by atoms with van der Waals surface area (Å²) >= 11 is 0. The molecule has 0 spiro atoms. The van der Waals surface area contributed by atoms with Gasteiger partial charge < -0.3 is 4.57 Å². The Morgan fingerprint density at radius 3 is 2.50 bits per heavy atom. The summed E-state index contributed by atoms with van der Waals surface area (Å²) < 4.78 is 12.1. The van der Waals surface area contributed by atoms with Gasteiger partial charge in [0.25, 0.3) is 0 Å². The summed E-state index contributed by atoms with van der Waals surface area (Å²) in [5.74, 6) is 1.89. The van der Waals surface area contributed by atoms with Gasteiger partial charge in [0.05, 0.1) is 0 Å². The Kier molecular flexibility index (Phi) is 1.90. The molecule has 62 valence electrons. The number of hydrogen-bond donors (Lipinski definition) is 0. The van der Waals surface area contributed by atoms with Crippen LogP contribution in [0.5, 0.6) is 0 Å². The average molecular weight is 178 g/mol. The smallest absolute Gasteiger partial charge is 0.136 e. The maximum atomic E-state index is 12.1. The summed E-state index contributed by atoms with van der Waals surface area (Å²) in [6, 6.07) is 9.75. The summed E-state index contributed by atoms with van der Waals surface area (Å²) in [5, 5.41) is 0.999. The second kappa shape index (κ2) is 2.91. The SMILES string of the molecule is O=[P@@]1(c2ccccc2)C=CCC1. The van der Waals surface area contributed by atoms with Gasteiger partial charge in [-0.25, -0.2) is 0 Å². The second-order valence-electron chi connectivity index (χ2n) is 3.03. The highest BCUT2D eigenvalue weighted by molar-refractivity contribution is 7.74. The molecule has 1 aliphatic heterocycles. The largest absolute Gasteiger partial charge is 0.314 e. The van der Waals surface area contributed by atoms with Gasteiger partial charge in [0.1, 0.15) is 7.14 Å². The van der Waals surface area contributed by atoms with Crippen LogP contribution in [0, 0.1) is 0 Å². The van der Waals surface area contributed by atoms with E-state index in [-0.39, 0.29) is 0 Å². The minimum Gasteiger partial charge on any atom is -0.314 e. The molecule has 0 saturated heterocycles. The zero-order chi connectivity index (χ0) is 8.44. The highest BCUT2D eigenvalue weighted by Crippen LogP contribution is 2.50. The highest BCUT2D eigenvalue weighted by Gasteiger charge is 2.23. The first-order valence-corrected chi connectivity index (χ1v) is 6.09. The summed E-state index contributed by atoms with van der Waals surface area (Å²) in [6.45, 7) is 0. The van der Waals surface area contributed by atoms with E-state index in [1.54, 1.807) is 0 Å². The van der Waals surface area contributed by atoms with Gasteiger partial charge in [0, 0.05) is 11.5 Å². The van der Waals surface area contributed by atoms with E-state index < -0.39 is 7.14 Å². The Morgan fingerprint density at radius 2 is 1.92 bits per heavy atom. The van der Waals surface area contributed by atoms with Crippen molar-refractivity contribution in [3.05, 3.63) is 42.2 Å². The van der Waals surface area contributed by atoms with Crippen molar-refractivity contribution >= 4 is 12.4 Å². The first-order valence-electron chi connectivity index (χ1n) is 4.13. The minimum atomic E-state index is -2.10. The standard InChI is InChI=1S/C10H11OP/c11-12(8-4-5-9-12)10-6-2-1-3-7-10/h1-4,6-8H,5,9H2/t12-/m0/s1. The predicted molar refractivity (Wildman–Crippen MR) is 52.3 cm³/mol. The molecule has 0 unspecified atom stereocenters. The van der Waals surface area contributed by atoms with Crippen molar-refractivity contribution in [3.63, 3.8) is 0 Å². The molecule has 0 aliphatic carbocycles. The monoisotopic (exact) mass is 178 g/mol. The van der Waals surface area contributed by atoms with E-state index >= 15 is 0 Å². The second-order valence-corrected chi connectivity index (χ2v) is 5.88. The van der Waals surface area contributed by atoms with E-state index in [0.717, 1.165) is 17.9 Å². The molecule has 1 aromatic carbocycles. The number of benzene rings is 1. The van der Waals surface area contributed by atoms with E-state index in [4.69, 9.17) is 0 Å². The molecule has 2 heteroatoms. The minimum absolute atomic E-state index is 0.816. The molecule has 1 nitrogen and oxygen atoms in total. The van der Waals surface area contributed by atoms with E-state index in [0.29, 0.717) is 0 Å². The Morgan fingerprint density at radius 1 is 1.17 bits per heavy atom. The van der Waals surface area contributed by atoms with E-state index in [1.807, 2.05) is 42.2 Å². The summed E-state index contributed by atoms with van der Waals surface area (Å²) in [4.78, 5) is 0. The van der Waals surface area contributed by atoms with Crippen LogP contribution in [0.3, 0.4) is 0 Å². The lowest BCUT2D eigenvalue weighted by Gasteiger charge is -2.08. The van der Waals surface area contributed by atoms with Gasteiger partial charge in [-0.05, 0) is 12.2 Å². The Labute approximate surface area is 72.5 Å². The Balaban J connectivity index is 2.43. The maximum absolute atomic E-state index is 12.1. The van der Waals surface area contributed by atoms with Crippen LogP contribution >= 0.6 is 7.14 Å². The van der Waals surface area contributed by atoms with Gasteiger partial charge in [-0.1, -0.05) is 36.4 Å². The van der Waals surface area contributed by atoms with Crippen LogP contribution in [0.15, 0.2) is 42.2 Å². The van der Waals surface area contributed by atoms with Crippen molar-refractivity contribution in [1.82, 2.24) is 0 Å². The van der Waals surface area contributed by atoms with Gasteiger partial charge in [0.15, 0.2) is 0 Å². The van der Waals surface area contributed by atoms with Crippen LogP contribution in [0.25, 0.3) is 0 Å². The molecule has 0 saturated carbocycles. The number of allylic oxidation sites excluding steroid dienone is 1. The molecule has 1 heterocycles. The lowest BCUT2D eigenvalue weighted by atomic mass is 10.4. The number of rotatable bonds is 1. The van der Waals surface area contributed by atoms with E-state index in [2.05, 4.69) is 0 Å². The van der Waals surface area contributed by atoms with Gasteiger partial charge in [-0.3, -0.25) is 0 Å². The summed E-state index contributed by atoms with van der Waals surface area (Å²) in [7, 11) is -2.10. The average Bonchev–Trinajstić information content (AvgIpc) is 2.55. The Hall–Kier alpha value is -0.810. The zero-order valence-electron chi connectivity index (χ0n) is 6.81. The molecule has 0 aromatic heterocycles. The fourth-order valence-corrected chi connectivity index (χ4v) is 3.76. The van der Waals surface area contributed by atoms with Crippen molar-refractivity contribution in [2.24, 2.45) is 0 Å². The molecule has 12 heavy (non-hydrogen) atoms. The molecule has 0 radical (unpaired) electrons. The van der Waals surface area contributed by atoms with Crippen molar-refractivity contribution in [2.75, 3.05) is 6.16 Å². The van der Waals surface area contributed by atoms with Crippen molar-refractivity contribution < 1.29 is 4.57 Å². The van der Waals surface area contributed by atoms with Crippen LogP contribution in [0.4, 0.5) is 0 Å². The van der Waals surface area contributed by atoms with Crippen LogP contribution in [0.2, 0.25) is 0 Å². The first-order chi connectivity index (χ1) is 5.81. The third kappa shape index (κ3) is 1.25. The Bertz CT molecular complexity index is 340. The van der Waals surface area contributed by atoms with Gasteiger partial charge in [0.2, 0.25) is 0 Å². The van der Waals surface area contributed by atoms with Crippen molar-refractivity contribution in [1.29, 1.82) is 0 Å². The third-order valence-corrected chi connectivity index (χ3v) is 4.95. The molecule has 0 fully saturated rings. The van der Waals surface area contributed by atoms with Crippen LogP contribution in [-0.4, -0.2) is 6.16 Å². The first kappa shape index (κ1) is 7.82. The molecule has 0 amide bonds. The lowest BCUT2D eigenvalue weighted by Crippen LogP contribution is -2.01. The normalized spacial score (nSPS) is 27.7. The molecular weight excluding hydrogens is 167 g/mol. The molecule has 0 bridgehead atoms. The van der Waals surface area contributed by atoms with Crippen LogP contribution in [0.1, 0.15) is 6.42 Å². The molecule has 2 rings (SSSR count). The van der Waals surface area contributed by atoms with Gasteiger partial charge >= 0.3 is 0 Å². The highest BCUT2D eigenvalue weighted by atomic mass is 31.2.